The summed E-state index contributed by atoms with van der Waals surface area (Å²) in [6.45, 7) is 6.47. The molecule has 0 spiro atoms. The molecule has 1 aromatic rings. The Labute approximate surface area is 93.1 Å². The van der Waals surface area contributed by atoms with E-state index in [0.29, 0.717) is 5.92 Å². The van der Waals surface area contributed by atoms with Gasteiger partial charge in [0, 0.05) is 6.04 Å². The van der Waals surface area contributed by atoms with Crippen molar-refractivity contribution in [1.82, 2.24) is 0 Å². The van der Waals surface area contributed by atoms with Crippen molar-refractivity contribution in [3.63, 3.8) is 0 Å². The molecule has 0 saturated heterocycles. The fourth-order valence-electron chi connectivity index (χ4n) is 1.37. The molecular weight excluding hydrogens is 194 g/mol. The Morgan fingerprint density at radius 1 is 1.21 bits per heavy atom. The Morgan fingerprint density at radius 2 is 1.71 bits per heavy atom. The quantitative estimate of drug-likeness (QED) is 0.818. The predicted octanol–water partition coefficient (Wildman–Crippen LogP) is 3.46. The van der Waals surface area contributed by atoms with Gasteiger partial charge >= 0.3 is 0 Å². The van der Waals surface area contributed by atoms with Crippen LogP contribution in [0.15, 0.2) is 24.3 Å². The molecule has 2 heteroatoms. The van der Waals surface area contributed by atoms with Gasteiger partial charge in [0.05, 0.1) is 0 Å². The summed E-state index contributed by atoms with van der Waals surface area (Å²) >= 11 is 0. The standard InChI is InChI=1S/C12H19N.ClH/c1-4-10(3)12(13)11-7-5-9(2)6-8-11;/h5-8,10,12H,4,13H2,1-3H3;1H/t10?,12-;/m1./s1. The minimum atomic E-state index is 0. The number of nitrogens with two attached hydrogens (primary N) is 1. The summed E-state index contributed by atoms with van der Waals surface area (Å²) in [7, 11) is 0. The third kappa shape index (κ3) is 3.32. The van der Waals surface area contributed by atoms with E-state index in [9.17, 15) is 0 Å². The van der Waals surface area contributed by atoms with Gasteiger partial charge in [0.1, 0.15) is 0 Å². The van der Waals surface area contributed by atoms with Gasteiger partial charge in [-0.25, -0.2) is 0 Å². The molecule has 1 aromatic carbocycles. The van der Waals surface area contributed by atoms with Crippen LogP contribution in [0.3, 0.4) is 0 Å². The maximum Gasteiger partial charge on any atom is 0.0320 e. The van der Waals surface area contributed by atoms with Gasteiger partial charge in [-0.05, 0) is 18.4 Å². The highest BCUT2D eigenvalue weighted by Gasteiger charge is 2.11. The highest BCUT2D eigenvalue weighted by molar-refractivity contribution is 5.85. The van der Waals surface area contributed by atoms with Crippen LogP contribution in [0, 0.1) is 12.8 Å². The van der Waals surface area contributed by atoms with Crippen LogP contribution >= 0.6 is 12.4 Å². The van der Waals surface area contributed by atoms with Crippen LogP contribution < -0.4 is 5.73 Å². The molecule has 0 radical (unpaired) electrons. The van der Waals surface area contributed by atoms with Crippen LogP contribution in [0.25, 0.3) is 0 Å². The zero-order valence-corrected chi connectivity index (χ0v) is 9.97. The molecule has 0 amide bonds. The highest BCUT2D eigenvalue weighted by Crippen LogP contribution is 2.21. The normalized spacial score (nSPS) is 14.3. The van der Waals surface area contributed by atoms with E-state index in [1.807, 2.05) is 0 Å². The zero-order valence-electron chi connectivity index (χ0n) is 9.16. The second kappa shape index (κ2) is 6.05. The smallest absolute Gasteiger partial charge is 0.0320 e. The Balaban J connectivity index is 0.00000169. The molecule has 1 rings (SSSR count). The van der Waals surface area contributed by atoms with Crippen molar-refractivity contribution in [1.29, 1.82) is 0 Å². The molecule has 14 heavy (non-hydrogen) atoms. The SMILES string of the molecule is CCC(C)[C@@H](N)c1ccc(C)cc1.Cl. The van der Waals surface area contributed by atoms with E-state index in [0.717, 1.165) is 6.42 Å². The van der Waals surface area contributed by atoms with Crippen LogP contribution in [0.1, 0.15) is 37.4 Å². The monoisotopic (exact) mass is 213 g/mol. The lowest BCUT2D eigenvalue weighted by Gasteiger charge is -2.18. The first-order valence-electron chi connectivity index (χ1n) is 4.97. The summed E-state index contributed by atoms with van der Waals surface area (Å²) in [6, 6.07) is 8.69. The minimum Gasteiger partial charge on any atom is -0.324 e. The largest absolute Gasteiger partial charge is 0.324 e. The Morgan fingerprint density at radius 3 is 2.14 bits per heavy atom. The summed E-state index contributed by atoms with van der Waals surface area (Å²) in [4.78, 5) is 0. The molecule has 0 aliphatic rings. The van der Waals surface area contributed by atoms with Crippen molar-refractivity contribution in [3.05, 3.63) is 35.4 Å². The van der Waals surface area contributed by atoms with E-state index in [2.05, 4.69) is 45.0 Å². The third-order valence-electron chi connectivity index (χ3n) is 2.72. The van der Waals surface area contributed by atoms with Crippen LogP contribution in [-0.2, 0) is 0 Å². The summed E-state index contributed by atoms with van der Waals surface area (Å²) < 4.78 is 0. The molecule has 0 fully saturated rings. The highest BCUT2D eigenvalue weighted by atomic mass is 35.5. The van der Waals surface area contributed by atoms with Gasteiger partial charge in [-0.15, -0.1) is 12.4 Å². The number of aryl methyl sites for hydroxylation is 1. The van der Waals surface area contributed by atoms with E-state index in [4.69, 9.17) is 5.73 Å². The van der Waals surface area contributed by atoms with Crippen molar-refractivity contribution in [2.45, 2.75) is 33.2 Å². The molecule has 2 N–H and O–H groups in total. The molecule has 0 heterocycles. The van der Waals surface area contributed by atoms with Gasteiger partial charge in [0.2, 0.25) is 0 Å². The minimum absolute atomic E-state index is 0. The van der Waals surface area contributed by atoms with Gasteiger partial charge < -0.3 is 5.73 Å². The molecular formula is C12H20ClN. The fraction of sp³-hybridized carbons (Fsp3) is 0.500. The average Bonchev–Trinajstić information content (AvgIpc) is 2.17. The lowest BCUT2D eigenvalue weighted by Crippen LogP contribution is -2.18. The molecule has 1 nitrogen and oxygen atoms in total. The topological polar surface area (TPSA) is 26.0 Å². The van der Waals surface area contributed by atoms with Crippen LogP contribution in [0.5, 0.6) is 0 Å². The summed E-state index contributed by atoms with van der Waals surface area (Å²) in [5.41, 5.74) is 8.64. The summed E-state index contributed by atoms with van der Waals surface area (Å²) in [6.07, 6.45) is 1.13. The number of halogens is 1. The molecule has 0 saturated carbocycles. The maximum absolute atomic E-state index is 6.10. The second-order valence-corrected chi connectivity index (χ2v) is 3.82. The first kappa shape index (κ1) is 13.5. The fourth-order valence-corrected chi connectivity index (χ4v) is 1.37. The molecule has 0 aliphatic heterocycles. The molecule has 2 atom stereocenters. The first-order valence-corrected chi connectivity index (χ1v) is 4.97. The van der Waals surface area contributed by atoms with Gasteiger partial charge in [-0.2, -0.15) is 0 Å². The Hall–Kier alpha value is -0.530. The molecule has 80 valence electrons. The van der Waals surface area contributed by atoms with Crippen LogP contribution in [0.2, 0.25) is 0 Å². The van der Waals surface area contributed by atoms with E-state index < -0.39 is 0 Å². The van der Waals surface area contributed by atoms with Crippen LogP contribution in [0.4, 0.5) is 0 Å². The van der Waals surface area contributed by atoms with E-state index in [1.54, 1.807) is 0 Å². The van der Waals surface area contributed by atoms with E-state index in [1.165, 1.54) is 11.1 Å². The molecule has 0 aromatic heterocycles. The summed E-state index contributed by atoms with van der Waals surface area (Å²) in [5.74, 6) is 0.558. The van der Waals surface area contributed by atoms with E-state index in [-0.39, 0.29) is 18.4 Å². The summed E-state index contributed by atoms with van der Waals surface area (Å²) in [5, 5.41) is 0. The number of hydrogen-bond donors (Lipinski definition) is 1. The van der Waals surface area contributed by atoms with E-state index >= 15 is 0 Å². The lowest BCUT2D eigenvalue weighted by molar-refractivity contribution is 0.457. The Kier molecular flexibility index (Phi) is 5.82. The second-order valence-electron chi connectivity index (χ2n) is 3.82. The predicted molar refractivity (Wildman–Crippen MR) is 64.8 cm³/mol. The Bertz CT molecular complexity index is 256. The van der Waals surface area contributed by atoms with Crippen molar-refractivity contribution >= 4 is 12.4 Å². The number of rotatable bonds is 3. The van der Waals surface area contributed by atoms with Gasteiger partial charge in [0.25, 0.3) is 0 Å². The third-order valence-corrected chi connectivity index (χ3v) is 2.72. The van der Waals surface area contributed by atoms with Crippen molar-refractivity contribution < 1.29 is 0 Å². The van der Waals surface area contributed by atoms with Crippen molar-refractivity contribution in [2.24, 2.45) is 11.7 Å². The number of benzene rings is 1. The van der Waals surface area contributed by atoms with Gasteiger partial charge in [-0.3, -0.25) is 0 Å². The van der Waals surface area contributed by atoms with Crippen LogP contribution in [-0.4, -0.2) is 0 Å². The zero-order chi connectivity index (χ0) is 9.84. The first-order chi connectivity index (χ1) is 6.15. The van der Waals surface area contributed by atoms with Crippen molar-refractivity contribution in [3.8, 4) is 0 Å². The van der Waals surface area contributed by atoms with Crippen molar-refractivity contribution in [2.75, 3.05) is 0 Å². The number of hydrogen-bond acceptors (Lipinski definition) is 1. The molecule has 0 bridgehead atoms. The average molecular weight is 214 g/mol. The van der Waals surface area contributed by atoms with Gasteiger partial charge in [-0.1, -0.05) is 50.1 Å². The molecule has 0 aliphatic carbocycles. The van der Waals surface area contributed by atoms with Gasteiger partial charge in [0.15, 0.2) is 0 Å². The lowest BCUT2D eigenvalue weighted by atomic mass is 9.93. The molecule has 1 unspecified atom stereocenters. The maximum atomic E-state index is 6.10.